The molecule has 4 heteroatoms. The molecule has 0 aromatic carbocycles. The molecule has 1 unspecified atom stereocenters. The fourth-order valence-electron chi connectivity index (χ4n) is 1.65. The summed E-state index contributed by atoms with van der Waals surface area (Å²) < 4.78 is 0. The van der Waals surface area contributed by atoms with E-state index < -0.39 is 0 Å². The summed E-state index contributed by atoms with van der Waals surface area (Å²) in [5.74, 6) is 0.782. The van der Waals surface area contributed by atoms with E-state index in [1.807, 2.05) is 18.7 Å². The van der Waals surface area contributed by atoms with Crippen molar-refractivity contribution >= 4 is 18.3 Å². The number of halogens is 1. The molecule has 0 bridgehead atoms. The van der Waals surface area contributed by atoms with Crippen molar-refractivity contribution in [2.75, 3.05) is 19.6 Å². The van der Waals surface area contributed by atoms with Crippen LogP contribution >= 0.6 is 12.4 Å². The molecule has 2 N–H and O–H groups in total. The average molecular weight is 251 g/mol. The highest BCUT2D eigenvalue weighted by molar-refractivity contribution is 5.85. The summed E-state index contributed by atoms with van der Waals surface area (Å²) in [6, 6.07) is 0. The minimum Gasteiger partial charge on any atom is -0.342 e. The van der Waals surface area contributed by atoms with Gasteiger partial charge >= 0.3 is 0 Å². The van der Waals surface area contributed by atoms with Crippen molar-refractivity contribution in [1.82, 2.24) is 4.90 Å². The molecular formula is C12H27ClN2O. The van der Waals surface area contributed by atoms with Gasteiger partial charge in [-0.3, -0.25) is 4.79 Å². The molecule has 0 fully saturated rings. The van der Waals surface area contributed by atoms with Gasteiger partial charge in [0.25, 0.3) is 0 Å². The summed E-state index contributed by atoms with van der Waals surface area (Å²) >= 11 is 0. The zero-order valence-corrected chi connectivity index (χ0v) is 11.8. The lowest BCUT2D eigenvalue weighted by atomic mass is 10.0. The van der Waals surface area contributed by atoms with Crippen molar-refractivity contribution in [3.05, 3.63) is 0 Å². The smallest absolute Gasteiger partial charge is 0.226 e. The molecule has 98 valence electrons. The van der Waals surface area contributed by atoms with Gasteiger partial charge in [-0.05, 0) is 12.8 Å². The maximum Gasteiger partial charge on any atom is 0.226 e. The first-order chi connectivity index (χ1) is 7.10. The van der Waals surface area contributed by atoms with Crippen LogP contribution in [0, 0.1) is 11.8 Å². The van der Waals surface area contributed by atoms with Crippen molar-refractivity contribution in [3.8, 4) is 0 Å². The third-order valence-electron chi connectivity index (χ3n) is 3.10. The molecule has 0 heterocycles. The quantitative estimate of drug-likeness (QED) is 0.754. The van der Waals surface area contributed by atoms with E-state index >= 15 is 0 Å². The molecule has 1 atom stereocenters. The molecule has 0 aliphatic carbocycles. The fraction of sp³-hybridized carbons (Fsp3) is 0.917. The molecule has 0 saturated heterocycles. The van der Waals surface area contributed by atoms with Crippen LogP contribution in [0.25, 0.3) is 0 Å². The normalized spacial score (nSPS) is 12.1. The Hall–Kier alpha value is -0.280. The number of nitrogens with two attached hydrogens (primary N) is 1. The maximum atomic E-state index is 11.9. The maximum absolute atomic E-state index is 11.9. The van der Waals surface area contributed by atoms with Crippen LogP contribution in [0.5, 0.6) is 0 Å². The molecule has 0 aromatic rings. The summed E-state index contributed by atoms with van der Waals surface area (Å²) in [7, 11) is 0. The van der Waals surface area contributed by atoms with Gasteiger partial charge in [0.05, 0.1) is 0 Å². The predicted octanol–water partition coefficient (Wildman–Crippen LogP) is 2.29. The van der Waals surface area contributed by atoms with E-state index in [0.29, 0.717) is 12.5 Å². The number of carbonyl (C=O) groups is 1. The molecule has 0 rings (SSSR count). The first kappa shape index (κ1) is 18.1. The van der Waals surface area contributed by atoms with Crippen LogP contribution in [0.15, 0.2) is 0 Å². The van der Waals surface area contributed by atoms with Gasteiger partial charge in [-0.15, -0.1) is 12.4 Å². The second-order valence-electron chi connectivity index (χ2n) is 4.20. The van der Waals surface area contributed by atoms with Crippen LogP contribution in [0.4, 0.5) is 0 Å². The van der Waals surface area contributed by atoms with Crippen molar-refractivity contribution in [2.24, 2.45) is 17.6 Å². The molecule has 0 aromatic heterocycles. The molecule has 1 amide bonds. The van der Waals surface area contributed by atoms with Gasteiger partial charge in [-0.25, -0.2) is 0 Å². The second kappa shape index (κ2) is 9.91. The first-order valence-corrected chi connectivity index (χ1v) is 6.09. The first-order valence-electron chi connectivity index (χ1n) is 6.09. The Labute approximate surface area is 106 Å². The van der Waals surface area contributed by atoms with Crippen LogP contribution < -0.4 is 5.73 Å². The lowest BCUT2D eigenvalue weighted by Gasteiger charge is -2.27. The van der Waals surface area contributed by atoms with Gasteiger partial charge in [0.15, 0.2) is 0 Å². The number of carbonyl (C=O) groups excluding carboxylic acids is 1. The highest BCUT2D eigenvalue weighted by atomic mass is 35.5. The standard InChI is InChI=1S/C12H26N2O.ClH/c1-5-11(6-2)9-14(7-3)12(15)10(4)8-13;/h10-11H,5-9,13H2,1-4H3;1H. The zero-order valence-electron chi connectivity index (χ0n) is 11.0. The lowest BCUT2D eigenvalue weighted by Crippen LogP contribution is -2.40. The van der Waals surface area contributed by atoms with E-state index in [0.717, 1.165) is 25.9 Å². The van der Waals surface area contributed by atoms with Gasteiger partial charge in [-0.2, -0.15) is 0 Å². The van der Waals surface area contributed by atoms with Crippen LogP contribution in [0.1, 0.15) is 40.5 Å². The minimum absolute atomic E-state index is 0. The molecule has 0 aliphatic heterocycles. The van der Waals surface area contributed by atoms with E-state index in [2.05, 4.69) is 13.8 Å². The summed E-state index contributed by atoms with van der Waals surface area (Å²) in [5.41, 5.74) is 5.51. The Bertz CT molecular complexity index is 184. The predicted molar refractivity (Wildman–Crippen MR) is 71.8 cm³/mol. The van der Waals surface area contributed by atoms with Crippen LogP contribution in [0.3, 0.4) is 0 Å². The van der Waals surface area contributed by atoms with Gasteiger partial charge in [0, 0.05) is 25.6 Å². The second-order valence-corrected chi connectivity index (χ2v) is 4.20. The van der Waals surface area contributed by atoms with E-state index in [4.69, 9.17) is 5.73 Å². The SMILES string of the molecule is CCC(CC)CN(CC)C(=O)C(C)CN.Cl. The van der Waals surface area contributed by atoms with Gasteiger partial charge < -0.3 is 10.6 Å². The highest BCUT2D eigenvalue weighted by Gasteiger charge is 2.19. The monoisotopic (exact) mass is 250 g/mol. The van der Waals surface area contributed by atoms with Crippen molar-refractivity contribution in [2.45, 2.75) is 40.5 Å². The number of rotatable bonds is 7. The topological polar surface area (TPSA) is 46.3 Å². The number of hydrogen-bond acceptors (Lipinski definition) is 2. The molecule has 0 radical (unpaired) electrons. The highest BCUT2D eigenvalue weighted by Crippen LogP contribution is 2.11. The Morgan fingerprint density at radius 1 is 1.25 bits per heavy atom. The Morgan fingerprint density at radius 3 is 2.06 bits per heavy atom. The molecule has 0 aliphatic rings. The van der Waals surface area contributed by atoms with Crippen LogP contribution in [-0.4, -0.2) is 30.4 Å². The Kier molecular flexibility index (Phi) is 11.2. The van der Waals surface area contributed by atoms with Crippen LogP contribution in [-0.2, 0) is 4.79 Å². The summed E-state index contributed by atoms with van der Waals surface area (Å²) in [4.78, 5) is 13.9. The number of nitrogens with zero attached hydrogens (tertiary/aromatic N) is 1. The third-order valence-corrected chi connectivity index (χ3v) is 3.10. The molecule has 0 spiro atoms. The fourth-order valence-corrected chi connectivity index (χ4v) is 1.65. The minimum atomic E-state index is -0.0423. The third kappa shape index (κ3) is 5.71. The van der Waals surface area contributed by atoms with Crippen LogP contribution in [0.2, 0.25) is 0 Å². The molecular weight excluding hydrogens is 224 g/mol. The Morgan fingerprint density at radius 2 is 1.75 bits per heavy atom. The summed E-state index contributed by atoms with van der Waals surface area (Å²) in [6.45, 7) is 10.4. The number of amides is 1. The van der Waals surface area contributed by atoms with Crippen molar-refractivity contribution < 1.29 is 4.79 Å². The van der Waals surface area contributed by atoms with E-state index in [1.54, 1.807) is 0 Å². The zero-order chi connectivity index (χ0) is 11.8. The van der Waals surface area contributed by atoms with Crippen molar-refractivity contribution in [3.63, 3.8) is 0 Å². The van der Waals surface area contributed by atoms with E-state index in [1.165, 1.54) is 0 Å². The van der Waals surface area contributed by atoms with Crippen molar-refractivity contribution in [1.29, 1.82) is 0 Å². The van der Waals surface area contributed by atoms with Gasteiger partial charge in [-0.1, -0.05) is 33.6 Å². The molecule has 3 nitrogen and oxygen atoms in total. The lowest BCUT2D eigenvalue weighted by molar-refractivity contribution is -0.135. The molecule has 0 saturated carbocycles. The van der Waals surface area contributed by atoms with Gasteiger partial charge in [0.2, 0.25) is 5.91 Å². The molecule has 16 heavy (non-hydrogen) atoms. The average Bonchev–Trinajstić information content (AvgIpc) is 2.29. The summed E-state index contributed by atoms with van der Waals surface area (Å²) in [6.07, 6.45) is 2.27. The largest absolute Gasteiger partial charge is 0.342 e. The number of hydrogen-bond donors (Lipinski definition) is 1. The van der Waals surface area contributed by atoms with E-state index in [9.17, 15) is 4.79 Å². The van der Waals surface area contributed by atoms with Gasteiger partial charge in [0.1, 0.15) is 0 Å². The Balaban J connectivity index is 0. The summed E-state index contributed by atoms with van der Waals surface area (Å²) in [5, 5.41) is 0. The van der Waals surface area contributed by atoms with E-state index in [-0.39, 0.29) is 24.2 Å².